The van der Waals surface area contributed by atoms with E-state index in [1.54, 1.807) is 12.3 Å². The van der Waals surface area contributed by atoms with Gasteiger partial charge in [-0.2, -0.15) is 0 Å². The molecule has 6 rings (SSSR count). The first-order valence-electron chi connectivity index (χ1n) is 10.3. The van der Waals surface area contributed by atoms with Crippen molar-refractivity contribution < 1.29 is 14.3 Å². The molecule has 2 aromatic rings. The number of nitrogens with one attached hydrogen (secondary N) is 2. The van der Waals surface area contributed by atoms with Crippen molar-refractivity contribution in [1.82, 2.24) is 15.6 Å². The Hall–Kier alpha value is -2.89. The molecule has 3 saturated carbocycles. The van der Waals surface area contributed by atoms with Crippen LogP contribution in [0.25, 0.3) is 0 Å². The molecule has 6 heteroatoms. The SMILES string of the molecule is C[C@@]12CC[C@@H](C[C@@H]1C(=O)NCc1ccccn1)[C@]1(C2)NC(=O)c2ccccc2O1. The maximum absolute atomic E-state index is 13.0. The minimum Gasteiger partial charge on any atom is -0.467 e. The molecule has 1 spiro atoms. The van der Waals surface area contributed by atoms with E-state index >= 15 is 0 Å². The van der Waals surface area contributed by atoms with Gasteiger partial charge < -0.3 is 15.4 Å². The van der Waals surface area contributed by atoms with Crippen molar-refractivity contribution in [2.45, 2.75) is 44.9 Å². The van der Waals surface area contributed by atoms with Crippen molar-refractivity contribution in [3.63, 3.8) is 0 Å². The predicted octanol–water partition coefficient (Wildman–Crippen LogP) is 3.04. The van der Waals surface area contributed by atoms with E-state index in [2.05, 4.69) is 22.5 Å². The minimum atomic E-state index is -0.712. The number of nitrogens with zero attached hydrogens (tertiary/aromatic N) is 1. The molecule has 4 aliphatic rings. The van der Waals surface area contributed by atoms with Crippen molar-refractivity contribution in [2.75, 3.05) is 0 Å². The van der Waals surface area contributed by atoms with Crippen LogP contribution in [0.5, 0.6) is 5.75 Å². The molecule has 2 amide bonds. The monoisotopic (exact) mass is 391 g/mol. The quantitative estimate of drug-likeness (QED) is 0.843. The predicted molar refractivity (Wildman–Crippen MR) is 107 cm³/mol. The lowest BCUT2D eigenvalue weighted by Crippen LogP contribution is -2.69. The molecule has 3 fully saturated rings. The van der Waals surface area contributed by atoms with E-state index in [9.17, 15) is 9.59 Å². The summed E-state index contributed by atoms with van der Waals surface area (Å²) in [5, 5.41) is 6.22. The van der Waals surface area contributed by atoms with Crippen molar-refractivity contribution in [3.05, 3.63) is 59.9 Å². The molecular weight excluding hydrogens is 366 g/mol. The van der Waals surface area contributed by atoms with E-state index in [1.807, 2.05) is 36.4 Å². The molecule has 29 heavy (non-hydrogen) atoms. The number of rotatable bonds is 3. The molecule has 1 aromatic carbocycles. The number of fused-ring (bicyclic) bond motifs is 3. The van der Waals surface area contributed by atoms with E-state index in [0.29, 0.717) is 30.7 Å². The normalized spacial score (nSPS) is 32.2. The van der Waals surface area contributed by atoms with E-state index in [1.165, 1.54) is 0 Å². The number of hydrogen-bond donors (Lipinski definition) is 2. The molecule has 6 nitrogen and oxygen atoms in total. The lowest BCUT2D eigenvalue weighted by Gasteiger charge is -2.59. The Labute approximate surface area is 170 Å². The first kappa shape index (κ1) is 18.2. The second-order valence-electron chi connectivity index (χ2n) is 8.84. The van der Waals surface area contributed by atoms with Crippen LogP contribution in [-0.4, -0.2) is 22.5 Å². The van der Waals surface area contributed by atoms with Crippen LogP contribution in [0, 0.1) is 17.3 Å². The smallest absolute Gasteiger partial charge is 0.258 e. The van der Waals surface area contributed by atoms with Crippen LogP contribution in [0.1, 0.15) is 48.7 Å². The van der Waals surface area contributed by atoms with Gasteiger partial charge in [0.2, 0.25) is 5.91 Å². The zero-order valence-corrected chi connectivity index (χ0v) is 16.5. The fourth-order valence-corrected chi connectivity index (χ4v) is 5.46. The summed E-state index contributed by atoms with van der Waals surface area (Å²) in [4.78, 5) is 30.0. The number of para-hydroxylation sites is 1. The molecule has 1 aliphatic heterocycles. The third-order valence-corrected chi connectivity index (χ3v) is 6.99. The van der Waals surface area contributed by atoms with Gasteiger partial charge in [-0.15, -0.1) is 0 Å². The Morgan fingerprint density at radius 2 is 2.10 bits per heavy atom. The van der Waals surface area contributed by atoms with Crippen LogP contribution in [0.2, 0.25) is 0 Å². The lowest BCUT2D eigenvalue weighted by molar-refractivity contribution is -0.167. The number of carbonyl (C=O) groups is 2. The number of pyridine rings is 1. The number of hydrogen-bond acceptors (Lipinski definition) is 4. The minimum absolute atomic E-state index is 0.0697. The first-order chi connectivity index (χ1) is 14.0. The van der Waals surface area contributed by atoms with E-state index < -0.39 is 5.72 Å². The molecule has 4 atom stereocenters. The zero-order valence-electron chi connectivity index (χ0n) is 16.5. The van der Waals surface area contributed by atoms with Gasteiger partial charge in [0, 0.05) is 24.5 Å². The second kappa shape index (κ2) is 6.58. The van der Waals surface area contributed by atoms with Gasteiger partial charge in [0.05, 0.1) is 17.8 Å². The van der Waals surface area contributed by atoms with Crippen molar-refractivity contribution in [2.24, 2.45) is 17.3 Å². The lowest BCUT2D eigenvalue weighted by atomic mass is 9.52. The summed E-state index contributed by atoms with van der Waals surface area (Å²) < 4.78 is 6.41. The zero-order chi connectivity index (χ0) is 20.1. The van der Waals surface area contributed by atoms with Crippen LogP contribution in [0.4, 0.5) is 0 Å². The van der Waals surface area contributed by atoms with Gasteiger partial charge in [0.25, 0.3) is 5.91 Å². The summed E-state index contributed by atoms with van der Waals surface area (Å²) in [6.45, 7) is 2.59. The van der Waals surface area contributed by atoms with Gasteiger partial charge in [-0.25, -0.2) is 0 Å². The van der Waals surface area contributed by atoms with Gasteiger partial charge in [0.1, 0.15) is 5.75 Å². The maximum Gasteiger partial charge on any atom is 0.258 e. The number of benzene rings is 1. The summed E-state index contributed by atoms with van der Waals surface area (Å²) in [6, 6.07) is 13.1. The van der Waals surface area contributed by atoms with Crippen LogP contribution in [-0.2, 0) is 11.3 Å². The number of carbonyl (C=O) groups excluding carboxylic acids is 2. The average molecular weight is 391 g/mol. The van der Waals surface area contributed by atoms with Crippen LogP contribution < -0.4 is 15.4 Å². The number of amides is 2. The summed E-state index contributed by atoms with van der Waals surface area (Å²) in [6.07, 6.45) is 5.00. The standard InChI is InChI=1S/C23H25N3O3/c1-22-10-9-15(12-18(22)21(28)25-13-16-6-4-5-11-24-16)23(14-22)26-20(27)17-7-2-3-8-19(17)29-23/h2-8,11,15,18H,9-10,12-14H2,1H3,(H,25,28)(H,26,27)/t15-,18+,22-,23+/m0/s1. The summed E-state index contributed by atoms with van der Waals surface area (Å²) in [5.41, 5.74) is 0.496. The molecule has 0 unspecified atom stereocenters. The van der Waals surface area contributed by atoms with Crippen molar-refractivity contribution >= 4 is 11.8 Å². The summed E-state index contributed by atoms with van der Waals surface area (Å²) >= 11 is 0. The topological polar surface area (TPSA) is 80.3 Å². The number of aromatic nitrogens is 1. The van der Waals surface area contributed by atoms with Gasteiger partial charge in [0.15, 0.2) is 5.72 Å². The average Bonchev–Trinajstić information content (AvgIpc) is 2.72. The fraction of sp³-hybridized carbons (Fsp3) is 0.435. The molecule has 150 valence electrons. The molecule has 0 saturated heterocycles. The summed E-state index contributed by atoms with van der Waals surface area (Å²) in [5.74, 6) is 0.656. The van der Waals surface area contributed by atoms with Gasteiger partial charge >= 0.3 is 0 Å². The summed E-state index contributed by atoms with van der Waals surface area (Å²) in [7, 11) is 0. The third kappa shape index (κ3) is 2.98. The van der Waals surface area contributed by atoms with E-state index in [-0.39, 0.29) is 29.1 Å². The molecule has 2 bridgehead atoms. The van der Waals surface area contributed by atoms with E-state index in [0.717, 1.165) is 18.5 Å². The molecule has 1 aromatic heterocycles. The highest BCUT2D eigenvalue weighted by molar-refractivity contribution is 5.98. The highest BCUT2D eigenvalue weighted by Gasteiger charge is 2.61. The van der Waals surface area contributed by atoms with Gasteiger partial charge in [-0.1, -0.05) is 25.1 Å². The fourth-order valence-electron chi connectivity index (χ4n) is 5.46. The highest BCUT2D eigenvalue weighted by atomic mass is 16.5. The van der Waals surface area contributed by atoms with Gasteiger partial charge in [-0.3, -0.25) is 14.6 Å². The molecule has 3 aliphatic carbocycles. The largest absolute Gasteiger partial charge is 0.467 e. The molecular formula is C23H25N3O3. The number of ether oxygens (including phenoxy) is 1. The first-order valence-corrected chi connectivity index (χ1v) is 10.3. The van der Waals surface area contributed by atoms with Crippen LogP contribution in [0.15, 0.2) is 48.7 Å². The van der Waals surface area contributed by atoms with Crippen LogP contribution >= 0.6 is 0 Å². The molecule has 2 N–H and O–H groups in total. The molecule has 2 heterocycles. The Kier molecular flexibility index (Phi) is 4.12. The van der Waals surface area contributed by atoms with Crippen molar-refractivity contribution in [3.8, 4) is 5.75 Å². The Balaban J connectivity index is 1.35. The highest BCUT2D eigenvalue weighted by Crippen LogP contribution is 2.58. The maximum atomic E-state index is 13.0. The van der Waals surface area contributed by atoms with Crippen LogP contribution in [0.3, 0.4) is 0 Å². The Morgan fingerprint density at radius 1 is 1.28 bits per heavy atom. The van der Waals surface area contributed by atoms with E-state index in [4.69, 9.17) is 4.74 Å². The third-order valence-electron chi connectivity index (χ3n) is 6.99. The Morgan fingerprint density at radius 3 is 2.90 bits per heavy atom. The van der Waals surface area contributed by atoms with Crippen molar-refractivity contribution in [1.29, 1.82) is 0 Å². The second-order valence-corrected chi connectivity index (χ2v) is 8.84. The Bertz CT molecular complexity index is 963. The van der Waals surface area contributed by atoms with Gasteiger partial charge in [-0.05, 0) is 48.9 Å². The molecule has 0 radical (unpaired) electrons.